The molecule has 0 radical (unpaired) electrons. The molecule has 3 heteroatoms. The Labute approximate surface area is 140 Å². The minimum absolute atomic E-state index is 0.0553. The molecule has 1 heterocycles. The fourth-order valence-corrected chi connectivity index (χ4v) is 3.12. The van der Waals surface area contributed by atoms with Gasteiger partial charge in [-0.15, -0.1) is 11.8 Å². The zero-order chi connectivity index (χ0) is 15.9. The van der Waals surface area contributed by atoms with Gasteiger partial charge in [-0.3, -0.25) is 4.79 Å². The molecule has 0 spiro atoms. The molecular weight excluding hydrogens is 304 g/mol. The van der Waals surface area contributed by atoms with Gasteiger partial charge in [-0.25, -0.2) is 0 Å². The zero-order valence-corrected chi connectivity index (χ0v) is 13.5. The van der Waals surface area contributed by atoms with Gasteiger partial charge in [0.25, 0.3) is 0 Å². The molecule has 0 saturated carbocycles. The van der Waals surface area contributed by atoms with Gasteiger partial charge < -0.3 is 4.74 Å². The van der Waals surface area contributed by atoms with Gasteiger partial charge in [-0.05, 0) is 41.2 Å². The van der Waals surface area contributed by atoms with Crippen LogP contribution in [0.2, 0.25) is 0 Å². The van der Waals surface area contributed by atoms with E-state index < -0.39 is 0 Å². The van der Waals surface area contributed by atoms with Crippen molar-refractivity contribution in [2.24, 2.45) is 0 Å². The maximum Gasteiger partial charge on any atom is 0.169 e. The van der Waals surface area contributed by atoms with E-state index in [2.05, 4.69) is 0 Å². The topological polar surface area (TPSA) is 26.3 Å². The first-order chi connectivity index (χ1) is 11.3. The number of rotatable bonds is 6. The smallest absolute Gasteiger partial charge is 0.169 e. The average Bonchev–Trinajstić information content (AvgIpc) is 3.14. The fourth-order valence-electron chi connectivity index (χ4n) is 2.27. The van der Waals surface area contributed by atoms with Crippen LogP contribution in [0.25, 0.3) is 6.08 Å². The Morgan fingerprint density at radius 1 is 1.13 bits per heavy atom. The molecule has 0 aliphatic carbocycles. The summed E-state index contributed by atoms with van der Waals surface area (Å²) in [6.45, 7) is 0.556. The van der Waals surface area contributed by atoms with Gasteiger partial charge in [0.1, 0.15) is 12.4 Å². The van der Waals surface area contributed by atoms with E-state index in [1.807, 2.05) is 72.2 Å². The first-order valence-corrected chi connectivity index (χ1v) is 8.55. The van der Waals surface area contributed by atoms with Crippen molar-refractivity contribution in [3.05, 3.63) is 83.3 Å². The van der Waals surface area contributed by atoms with E-state index in [1.54, 1.807) is 17.8 Å². The largest absolute Gasteiger partial charge is 0.489 e. The van der Waals surface area contributed by atoms with E-state index in [1.165, 1.54) is 0 Å². The molecule has 0 N–H and O–H groups in total. The van der Waals surface area contributed by atoms with Crippen LogP contribution in [0.15, 0.2) is 72.2 Å². The molecule has 3 rings (SSSR count). The van der Waals surface area contributed by atoms with Crippen LogP contribution in [-0.4, -0.2) is 11.0 Å². The highest BCUT2D eigenvalue weighted by Crippen LogP contribution is 2.25. The molecule has 1 atom stereocenters. The Morgan fingerprint density at radius 3 is 2.61 bits per heavy atom. The summed E-state index contributed by atoms with van der Waals surface area (Å²) in [7, 11) is 0. The summed E-state index contributed by atoms with van der Waals surface area (Å²) < 4.78 is 5.75. The maximum absolute atomic E-state index is 12.0. The van der Waals surface area contributed by atoms with E-state index in [4.69, 9.17) is 4.74 Å². The van der Waals surface area contributed by atoms with Crippen molar-refractivity contribution < 1.29 is 9.53 Å². The lowest BCUT2D eigenvalue weighted by molar-refractivity contribution is -0.114. The van der Waals surface area contributed by atoms with E-state index in [0.717, 1.165) is 23.3 Å². The normalized spacial score (nSPS) is 16.8. The molecule has 23 heavy (non-hydrogen) atoms. The number of allylic oxidation sites excluding steroid dienone is 2. The summed E-state index contributed by atoms with van der Waals surface area (Å²) in [5.74, 6) is 0.997. The average molecular weight is 322 g/mol. The lowest BCUT2D eigenvalue weighted by Gasteiger charge is -2.06. The summed E-state index contributed by atoms with van der Waals surface area (Å²) in [5.41, 5.74) is 2.14. The lowest BCUT2D eigenvalue weighted by Crippen LogP contribution is -2.10. The third-order valence-corrected chi connectivity index (χ3v) is 4.68. The first-order valence-electron chi connectivity index (χ1n) is 7.60. The van der Waals surface area contributed by atoms with Crippen LogP contribution < -0.4 is 4.74 Å². The van der Waals surface area contributed by atoms with Gasteiger partial charge in [0.2, 0.25) is 0 Å². The first kappa shape index (κ1) is 15.6. The highest BCUT2D eigenvalue weighted by Gasteiger charge is 2.17. The maximum atomic E-state index is 12.0. The Balaban J connectivity index is 1.53. The van der Waals surface area contributed by atoms with Crippen LogP contribution in [0.5, 0.6) is 5.75 Å². The van der Waals surface area contributed by atoms with Gasteiger partial charge in [-0.1, -0.05) is 54.6 Å². The third-order valence-electron chi connectivity index (χ3n) is 3.58. The predicted octanol–water partition coefficient (Wildman–Crippen LogP) is 4.87. The molecule has 2 nitrogen and oxygen atoms in total. The zero-order valence-electron chi connectivity index (χ0n) is 12.7. The Morgan fingerprint density at radius 2 is 1.91 bits per heavy atom. The molecule has 116 valence electrons. The van der Waals surface area contributed by atoms with Crippen LogP contribution in [0, 0.1) is 0 Å². The number of carbonyl (C=O) groups excluding carboxylic acids is 1. The minimum atomic E-state index is 0.0553. The second kappa shape index (κ2) is 7.84. The SMILES string of the molecule is O=C(/C=C/c1ccc(OCc2ccccc2)cc1)C1CC=CS1. The molecule has 0 saturated heterocycles. The fraction of sp³-hybridized carbons (Fsp3) is 0.150. The Kier molecular flexibility index (Phi) is 5.33. The Bertz CT molecular complexity index is 694. The summed E-state index contributed by atoms with van der Waals surface area (Å²) in [4.78, 5) is 12.0. The number of benzene rings is 2. The van der Waals surface area contributed by atoms with Crippen molar-refractivity contribution in [1.29, 1.82) is 0 Å². The molecule has 1 aliphatic rings. The molecule has 0 amide bonds. The summed E-state index contributed by atoms with van der Waals surface area (Å²) in [6, 6.07) is 17.9. The van der Waals surface area contributed by atoms with E-state index in [9.17, 15) is 4.79 Å². The monoisotopic (exact) mass is 322 g/mol. The lowest BCUT2D eigenvalue weighted by atomic mass is 10.1. The van der Waals surface area contributed by atoms with Crippen LogP contribution in [0.4, 0.5) is 0 Å². The van der Waals surface area contributed by atoms with Gasteiger partial charge in [0.15, 0.2) is 5.78 Å². The van der Waals surface area contributed by atoms with Gasteiger partial charge in [0.05, 0.1) is 5.25 Å². The number of hydrogen-bond acceptors (Lipinski definition) is 3. The molecular formula is C20H18O2S. The van der Waals surface area contributed by atoms with Crippen molar-refractivity contribution in [3.63, 3.8) is 0 Å². The summed E-state index contributed by atoms with van der Waals surface area (Å²) in [5, 5.41) is 2.05. The van der Waals surface area contributed by atoms with E-state index >= 15 is 0 Å². The van der Waals surface area contributed by atoms with Gasteiger partial charge in [0, 0.05) is 0 Å². The minimum Gasteiger partial charge on any atom is -0.489 e. The van der Waals surface area contributed by atoms with Crippen molar-refractivity contribution in [2.45, 2.75) is 18.3 Å². The molecule has 2 aromatic rings. The van der Waals surface area contributed by atoms with E-state index in [-0.39, 0.29) is 11.0 Å². The number of ketones is 1. The van der Waals surface area contributed by atoms with Crippen LogP contribution in [0.1, 0.15) is 17.5 Å². The van der Waals surface area contributed by atoms with E-state index in [0.29, 0.717) is 6.61 Å². The molecule has 2 aromatic carbocycles. The van der Waals surface area contributed by atoms with Crippen LogP contribution in [0.3, 0.4) is 0 Å². The molecule has 0 bridgehead atoms. The molecule has 1 unspecified atom stereocenters. The Hall–Kier alpha value is -2.26. The number of ether oxygens (including phenoxy) is 1. The number of hydrogen-bond donors (Lipinski definition) is 0. The van der Waals surface area contributed by atoms with Gasteiger partial charge in [-0.2, -0.15) is 0 Å². The van der Waals surface area contributed by atoms with Crippen molar-refractivity contribution in [3.8, 4) is 5.75 Å². The van der Waals surface area contributed by atoms with Crippen molar-refractivity contribution in [2.75, 3.05) is 0 Å². The predicted molar refractivity (Wildman–Crippen MR) is 96.4 cm³/mol. The summed E-state index contributed by atoms with van der Waals surface area (Å²) in [6.07, 6.45) is 6.41. The third kappa shape index (κ3) is 4.60. The number of carbonyl (C=O) groups is 1. The van der Waals surface area contributed by atoms with Crippen LogP contribution >= 0.6 is 11.8 Å². The molecule has 0 fully saturated rings. The second-order valence-corrected chi connectivity index (χ2v) is 6.42. The van der Waals surface area contributed by atoms with Crippen molar-refractivity contribution >= 4 is 23.6 Å². The molecule has 0 aromatic heterocycles. The van der Waals surface area contributed by atoms with Crippen molar-refractivity contribution in [1.82, 2.24) is 0 Å². The number of thioether (sulfide) groups is 1. The highest BCUT2D eigenvalue weighted by atomic mass is 32.2. The van der Waals surface area contributed by atoms with Crippen LogP contribution in [-0.2, 0) is 11.4 Å². The summed E-state index contributed by atoms with van der Waals surface area (Å²) >= 11 is 1.59. The van der Waals surface area contributed by atoms with Gasteiger partial charge >= 0.3 is 0 Å². The highest BCUT2D eigenvalue weighted by molar-refractivity contribution is 8.03. The second-order valence-electron chi connectivity index (χ2n) is 5.31. The molecule has 1 aliphatic heterocycles. The quantitative estimate of drug-likeness (QED) is 0.710. The standard InChI is InChI=1S/C20H18O2S/c21-19(20-7-4-14-23-20)13-10-16-8-11-18(12-9-16)22-15-17-5-2-1-3-6-17/h1-6,8-14,20H,7,15H2/b13-10+.